The number of hydrogen-bond donors (Lipinski definition) is 1. The first-order chi connectivity index (χ1) is 12.1. The lowest BCUT2D eigenvalue weighted by atomic mass is 9.88. The van der Waals surface area contributed by atoms with Gasteiger partial charge < -0.3 is 15.0 Å². The second-order valence-electron chi connectivity index (χ2n) is 7.01. The average molecular weight is 348 g/mol. The molecule has 1 aromatic rings. The third-order valence-corrected chi connectivity index (χ3v) is 5.06. The third kappa shape index (κ3) is 4.57. The lowest BCUT2D eigenvalue weighted by Crippen LogP contribution is -2.48. The molecule has 1 saturated carbocycles. The lowest BCUT2D eigenvalue weighted by molar-refractivity contribution is -0.142. The molecule has 1 aromatic carbocycles. The molecule has 6 heteroatoms. The SMILES string of the molecule is COCC(=O)N1C[C@H](C(=O)NCC2CC2)CC[C@H]1c1ccc(F)cc1. The molecular formula is C19H25FN2O3. The molecule has 1 aliphatic heterocycles. The normalized spacial score (nSPS) is 23.4. The highest BCUT2D eigenvalue weighted by atomic mass is 19.1. The minimum Gasteiger partial charge on any atom is -0.375 e. The lowest BCUT2D eigenvalue weighted by Gasteiger charge is -2.39. The summed E-state index contributed by atoms with van der Waals surface area (Å²) in [5.74, 6) is 0.0184. The number of likely N-dealkylation sites (tertiary alicyclic amines) is 1. The van der Waals surface area contributed by atoms with Crippen molar-refractivity contribution in [3.05, 3.63) is 35.6 Å². The van der Waals surface area contributed by atoms with E-state index in [-0.39, 0.29) is 36.2 Å². The molecule has 2 atom stereocenters. The van der Waals surface area contributed by atoms with Crippen LogP contribution in [0.5, 0.6) is 0 Å². The number of carbonyl (C=O) groups excluding carboxylic acids is 2. The number of carbonyl (C=O) groups is 2. The van der Waals surface area contributed by atoms with Crippen molar-refractivity contribution in [2.24, 2.45) is 11.8 Å². The number of piperidine rings is 1. The van der Waals surface area contributed by atoms with Crippen molar-refractivity contribution < 1.29 is 18.7 Å². The van der Waals surface area contributed by atoms with Gasteiger partial charge in [0.2, 0.25) is 11.8 Å². The van der Waals surface area contributed by atoms with E-state index in [9.17, 15) is 14.0 Å². The smallest absolute Gasteiger partial charge is 0.249 e. The Kier molecular flexibility index (Phi) is 5.68. The van der Waals surface area contributed by atoms with Crippen LogP contribution < -0.4 is 5.32 Å². The zero-order valence-corrected chi connectivity index (χ0v) is 14.5. The topological polar surface area (TPSA) is 58.6 Å². The fourth-order valence-electron chi connectivity index (χ4n) is 3.41. The van der Waals surface area contributed by atoms with Crippen LogP contribution in [0.25, 0.3) is 0 Å². The molecule has 0 unspecified atom stereocenters. The van der Waals surface area contributed by atoms with Gasteiger partial charge in [-0.2, -0.15) is 0 Å². The van der Waals surface area contributed by atoms with Crippen LogP contribution in [0.3, 0.4) is 0 Å². The molecule has 1 heterocycles. The van der Waals surface area contributed by atoms with E-state index in [0.29, 0.717) is 18.9 Å². The molecule has 1 N–H and O–H groups in total. The molecule has 5 nitrogen and oxygen atoms in total. The number of nitrogens with one attached hydrogen (secondary N) is 1. The fraction of sp³-hybridized carbons (Fsp3) is 0.579. The fourth-order valence-corrected chi connectivity index (χ4v) is 3.41. The summed E-state index contributed by atoms with van der Waals surface area (Å²) in [7, 11) is 1.48. The van der Waals surface area contributed by atoms with Crippen LogP contribution in [0, 0.1) is 17.7 Å². The second kappa shape index (κ2) is 7.95. The first kappa shape index (κ1) is 17.9. The van der Waals surface area contributed by atoms with Crippen LogP contribution in [0.1, 0.15) is 37.3 Å². The van der Waals surface area contributed by atoms with Gasteiger partial charge in [0.05, 0.1) is 12.0 Å². The monoisotopic (exact) mass is 348 g/mol. The second-order valence-corrected chi connectivity index (χ2v) is 7.01. The minimum absolute atomic E-state index is 0.0197. The Morgan fingerprint density at radius 1 is 1.20 bits per heavy atom. The Bertz CT molecular complexity index is 616. The van der Waals surface area contributed by atoms with Crippen LogP contribution in [0.4, 0.5) is 4.39 Å². The molecule has 0 radical (unpaired) electrons. The van der Waals surface area contributed by atoms with E-state index >= 15 is 0 Å². The van der Waals surface area contributed by atoms with E-state index in [1.165, 1.54) is 32.1 Å². The van der Waals surface area contributed by atoms with Crippen molar-refractivity contribution in [2.75, 3.05) is 26.8 Å². The molecular weight excluding hydrogens is 323 g/mol. The summed E-state index contributed by atoms with van der Waals surface area (Å²) in [5, 5.41) is 3.01. The van der Waals surface area contributed by atoms with Gasteiger partial charge in [-0.3, -0.25) is 9.59 Å². The molecule has 0 bridgehead atoms. The highest BCUT2D eigenvalue weighted by Gasteiger charge is 2.35. The number of hydrogen-bond acceptors (Lipinski definition) is 3. The Balaban J connectivity index is 1.69. The Morgan fingerprint density at radius 3 is 2.56 bits per heavy atom. The number of nitrogens with zero attached hydrogens (tertiary/aromatic N) is 1. The largest absolute Gasteiger partial charge is 0.375 e. The highest BCUT2D eigenvalue weighted by Crippen LogP contribution is 2.34. The van der Waals surface area contributed by atoms with E-state index in [1.54, 1.807) is 17.0 Å². The molecule has 1 aliphatic carbocycles. The Labute approximate surface area is 147 Å². The van der Waals surface area contributed by atoms with Gasteiger partial charge in [0.25, 0.3) is 0 Å². The number of rotatable bonds is 6. The number of amides is 2. The van der Waals surface area contributed by atoms with Crippen molar-refractivity contribution in [2.45, 2.75) is 31.7 Å². The summed E-state index contributed by atoms with van der Waals surface area (Å²) in [6.07, 6.45) is 3.78. The Hall–Kier alpha value is -1.95. The summed E-state index contributed by atoms with van der Waals surface area (Å²) in [5.41, 5.74) is 0.891. The molecule has 1 saturated heterocycles. The van der Waals surface area contributed by atoms with Gasteiger partial charge in [-0.05, 0) is 49.3 Å². The molecule has 0 aromatic heterocycles. The summed E-state index contributed by atoms with van der Waals surface area (Å²) in [6, 6.07) is 6.09. The van der Waals surface area contributed by atoms with E-state index < -0.39 is 0 Å². The van der Waals surface area contributed by atoms with Crippen LogP contribution in [-0.4, -0.2) is 43.5 Å². The van der Waals surface area contributed by atoms with E-state index in [1.807, 2.05) is 0 Å². The van der Waals surface area contributed by atoms with Crippen molar-refractivity contribution in [3.8, 4) is 0 Å². The maximum Gasteiger partial charge on any atom is 0.249 e. The first-order valence-electron chi connectivity index (χ1n) is 8.90. The van der Waals surface area contributed by atoms with Crippen molar-refractivity contribution in [1.82, 2.24) is 10.2 Å². The summed E-state index contributed by atoms with van der Waals surface area (Å²) < 4.78 is 18.2. The number of ether oxygens (including phenoxy) is 1. The molecule has 2 amide bonds. The van der Waals surface area contributed by atoms with Gasteiger partial charge >= 0.3 is 0 Å². The number of halogens is 1. The van der Waals surface area contributed by atoms with Crippen molar-refractivity contribution in [1.29, 1.82) is 0 Å². The van der Waals surface area contributed by atoms with Gasteiger partial charge in [0, 0.05) is 20.2 Å². The third-order valence-electron chi connectivity index (χ3n) is 5.06. The van der Waals surface area contributed by atoms with Gasteiger partial charge in [-0.15, -0.1) is 0 Å². The average Bonchev–Trinajstić information content (AvgIpc) is 3.44. The Morgan fingerprint density at radius 2 is 1.92 bits per heavy atom. The van der Waals surface area contributed by atoms with E-state index in [2.05, 4.69) is 5.32 Å². The number of benzene rings is 1. The minimum atomic E-state index is -0.299. The first-order valence-corrected chi connectivity index (χ1v) is 8.90. The van der Waals surface area contributed by atoms with Gasteiger partial charge in [0.1, 0.15) is 12.4 Å². The van der Waals surface area contributed by atoms with E-state index in [0.717, 1.165) is 18.5 Å². The van der Waals surface area contributed by atoms with Gasteiger partial charge in [-0.1, -0.05) is 12.1 Å². The highest BCUT2D eigenvalue weighted by molar-refractivity contribution is 5.82. The maximum absolute atomic E-state index is 13.2. The predicted molar refractivity (Wildman–Crippen MR) is 91.2 cm³/mol. The molecule has 3 rings (SSSR count). The maximum atomic E-state index is 13.2. The molecule has 25 heavy (non-hydrogen) atoms. The molecule has 2 fully saturated rings. The quantitative estimate of drug-likeness (QED) is 0.858. The van der Waals surface area contributed by atoms with Crippen LogP contribution in [0.15, 0.2) is 24.3 Å². The van der Waals surface area contributed by atoms with Crippen molar-refractivity contribution >= 4 is 11.8 Å². The summed E-state index contributed by atoms with van der Waals surface area (Å²) >= 11 is 0. The molecule has 136 valence electrons. The molecule has 0 spiro atoms. The summed E-state index contributed by atoms with van der Waals surface area (Å²) in [4.78, 5) is 26.6. The summed E-state index contributed by atoms with van der Waals surface area (Å²) in [6.45, 7) is 1.09. The standard InChI is InChI=1S/C19H25FN2O3/c1-25-12-18(23)22-11-15(19(24)21-10-13-2-3-13)6-9-17(22)14-4-7-16(20)8-5-14/h4-5,7-8,13,15,17H,2-3,6,9-12H2,1H3,(H,21,24)/t15-,17+/m1/s1. The zero-order valence-electron chi connectivity index (χ0n) is 14.5. The molecule has 2 aliphatic rings. The van der Waals surface area contributed by atoms with Crippen molar-refractivity contribution in [3.63, 3.8) is 0 Å². The van der Waals surface area contributed by atoms with Gasteiger partial charge in [0.15, 0.2) is 0 Å². The van der Waals surface area contributed by atoms with Crippen LogP contribution >= 0.6 is 0 Å². The van der Waals surface area contributed by atoms with E-state index in [4.69, 9.17) is 4.74 Å². The van der Waals surface area contributed by atoms with Crippen LogP contribution in [-0.2, 0) is 14.3 Å². The van der Waals surface area contributed by atoms with Gasteiger partial charge in [-0.25, -0.2) is 4.39 Å². The number of methoxy groups -OCH3 is 1. The predicted octanol–water partition coefficient (Wildman–Crippen LogP) is 2.28. The van der Waals surface area contributed by atoms with Crippen LogP contribution in [0.2, 0.25) is 0 Å². The zero-order chi connectivity index (χ0) is 17.8.